The molecule has 0 radical (unpaired) electrons. The molecule has 0 bridgehead atoms. The number of imidazole rings is 1. The zero-order valence-corrected chi connectivity index (χ0v) is 42.4. The Balaban J connectivity index is 0.769. The van der Waals surface area contributed by atoms with E-state index in [4.69, 9.17) is 14.7 Å². The number of ether oxygens (including phenoxy) is 1. The maximum absolute atomic E-state index is 13.5. The van der Waals surface area contributed by atoms with Crippen molar-refractivity contribution in [2.45, 2.75) is 77.3 Å². The number of aryl methyl sites for hydroxylation is 3. The lowest BCUT2D eigenvalue weighted by molar-refractivity contribution is -0.135. The number of benzene rings is 3. The number of piperidine rings is 2. The highest BCUT2D eigenvalue weighted by molar-refractivity contribution is 9.10. The maximum atomic E-state index is 13.5. The van der Waals surface area contributed by atoms with Crippen molar-refractivity contribution in [3.05, 3.63) is 92.6 Å². The number of nitrogens with one attached hydrogen (secondary N) is 3. The van der Waals surface area contributed by atoms with Gasteiger partial charge in [0.1, 0.15) is 11.8 Å². The van der Waals surface area contributed by atoms with Crippen molar-refractivity contribution in [1.29, 1.82) is 0 Å². The lowest BCUT2D eigenvalue weighted by Crippen LogP contribution is -2.53. The molecule has 362 valence electrons. The molecule has 18 heteroatoms. The van der Waals surface area contributed by atoms with Gasteiger partial charge in [-0.15, -0.1) is 0 Å². The second-order valence-corrected chi connectivity index (χ2v) is 23.1. The zero-order valence-electron chi connectivity index (χ0n) is 39.9. The van der Waals surface area contributed by atoms with Crippen LogP contribution in [0.3, 0.4) is 0 Å². The van der Waals surface area contributed by atoms with Gasteiger partial charge in [0.2, 0.25) is 17.8 Å². The van der Waals surface area contributed by atoms with Gasteiger partial charge in [0.25, 0.3) is 0 Å². The molecule has 1 unspecified atom stereocenters. The summed E-state index contributed by atoms with van der Waals surface area (Å²) in [5.74, 6) is 1.04. The number of anilines is 5. The molecule has 16 nitrogen and oxygen atoms in total. The molecule has 10 rings (SSSR count). The van der Waals surface area contributed by atoms with Gasteiger partial charge in [-0.05, 0) is 115 Å². The van der Waals surface area contributed by atoms with Crippen LogP contribution in [-0.2, 0) is 29.5 Å². The van der Waals surface area contributed by atoms with Gasteiger partial charge in [0, 0.05) is 94.4 Å². The predicted octanol–water partition coefficient (Wildman–Crippen LogP) is 6.96. The number of imide groups is 1. The van der Waals surface area contributed by atoms with Crippen LogP contribution in [0.25, 0.3) is 21.9 Å². The van der Waals surface area contributed by atoms with Crippen LogP contribution in [0.4, 0.5) is 28.8 Å². The summed E-state index contributed by atoms with van der Waals surface area (Å²) in [5, 5.41) is 11.4. The van der Waals surface area contributed by atoms with Gasteiger partial charge < -0.3 is 25.2 Å². The summed E-state index contributed by atoms with van der Waals surface area (Å²) in [6.45, 7) is 11.0. The number of aromatic nitrogens is 5. The second kappa shape index (κ2) is 19.7. The number of hydrogen-bond acceptors (Lipinski definition) is 13. The van der Waals surface area contributed by atoms with Gasteiger partial charge in [-0.25, -0.2) is 14.7 Å². The van der Waals surface area contributed by atoms with E-state index in [1.54, 1.807) is 29.5 Å². The highest BCUT2D eigenvalue weighted by Gasteiger charge is 2.45. The Hall–Kier alpha value is -5.45. The van der Waals surface area contributed by atoms with E-state index in [9.17, 15) is 19.3 Å². The Morgan fingerprint density at radius 1 is 0.913 bits per heavy atom. The molecular formula is C51H62BrN11O5P+. The summed E-state index contributed by atoms with van der Waals surface area (Å²) in [6, 6.07) is 18.3. The molecule has 4 aliphatic rings. The molecule has 2 amide bonds. The highest BCUT2D eigenvalue weighted by atomic mass is 79.9. The minimum absolute atomic E-state index is 0.221. The maximum Gasteiger partial charge on any atom is 0.329 e. The molecule has 0 spiro atoms. The second-order valence-electron chi connectivity index (χ2n) is 19.0. The van der Waals surface area contributed by atoms with Crippen LogP contribution in [0.1, 0.15) is 68.3 Å². The summed E-state index contributed by atoms with van der Waals surface area (Å²) in [5.41, 5.74) is 8.35. The van der Waals surface area contributed by atoms with E-state index in [-0.39, 0.29) is 18.0 Å². The van der Waals surface area contributed by atoms with Crippen LogP contribution in [0.5, 0.6) is 5.75 Å². The number of hydrogen-bond donors (Lipinski definition) is 4. The lowest BCUT2D eigenvalue weighted by atomic mass is 9.99. The SMILES string of the molecule is CCc1cc(Nc2ncc(Br)c(Nc3ccc4nc(C)ccc4c3[P+]3(O)CCCC3)n2)c(OC)cc1N1CCC(N2CCN(CCc3cccc4c3n(C)c(=O)n4C3CCC(=O)NC3=O)CC2)CC1. The number of pyridine rings is 1. The molecule has 0 saturated carbocycles. The Bertz CT molecular complexity index is 2990. The molecular weight excluding hydrogens is 958 g/mol. The van der Waals surface area contributed by atoms with Crippen LogP contribution >= 0.6 is 23.4 Å². The molecule has 4 fully saturated rings. The quantitative estimate of drug-likeness (QED) is 0.0692. The Morgan fingerprint density at radius 3 is 2.43 bits per heavy atom. The first-order valence-corrected chi connectivity index (χ1v) is 27.3. The van der Waals surface area contributed by atoms with Gasteiger partial charge in [-0.2, -0.15) is 4.98 Å². The van der Waals surface area contributed by atoms with Gasteiger partial charge >= 0.3 is 5.69 Å². The molecule has 6 aromatic rings. The van der Waals surface area contributed by atoms with E-state index in [1.165, 1.54) is 11.3 Å². The fourth-order valence-corrected chi connectivity index (χ4v) is 14.9. The van der Waals surface area contributed by atoms with Crippen molar-refractivity contribution < 1.29 is 19.2 Å². The standard InChI is InChI=1S/C51H61BrN11O5P/c1-5-33-29-40(56-50-53-31-37(52)48(58-50)55-39-14-13-38-36(12-11-32(2)54-38)47(39)69(67)27-6-7-28-69)44(68-4)30-43(33)62-21-18-35(19-22-62)61-25-23-60(24-26-61)20-17-34-9-8-10-41-46(34)59(3)51(66)63(41)42-15-16-45(64)57-49(42)65/h8-14,29-31,35,42,67H,5-7,15-28H2,1-4H3,(H2-,53,55,56,57,58,64,65)/p+1. The minimum Gasteiger partial charge on any atom is -0.494 e. The van der Waals surface area contributed by atoms with Crippen molar-refractivity contribution in [3.8, 4) is 5.75 Å². The molecule has 3 aromatic carbocycles. The summed E-state index contributed by atoms with van der Waals surface area (Å²) < 4.78 is 9.95. The zero-order chi connectivity index (χ0) is 48.0. The molecule has 3 aromatic heterocycles. The van der Waals surface area contributed by atoms with E-state index in [2.05, 4.69) is 82.8 Å². The van der Waals surface area contributed by atoms with E-state index in [0.29, 0.717) is 28.7 Å². The largest absolute Gasteiger partial charge is 0.494 e. The molecule has 1 atom stereocenters. The summed E-state index contributed by atoms with van der Waals surface area (Å²) >= 11 is 3.69. The Morgan fingerprint density at radius 2 is 1.70 bits per heavy atom. The van der Waals surface area contributed by atoms with Gasteiger partial charge in [0.15, 0.2) is 18.6 Å². The number of carbonyl (C=O) groups is 2. The van der Waals surface area contributed by atoms with Gasteiger partial charge in [0.05, 0.1) is 51.8 Å². The van der Waals surface area contributed by atoms with Crippen LogP contribution in [-0.4, -0.2) is 122 Å². The summed E-state index contributed by atoms with van der Waals surface area (Å²) in [7, 11) is 1.09. The number of methoxy groups -OCH3 is 1. The first kappa shape index (κ1) is 47.2. The fraction of sp³-hybridized carbons (Fsp3) is 0.451. The number of nitrogens with zero attached hydrogens (tertiary/aromatic N) is 8. The number of amides is 2. The normalized spacial score (nSPS) is 19.4. The van der Waals surface area contributed by atoms with Crippen LogP contribution in [0, 0.1) is 6.92 Å². The van der Waals surface area contributed by atoms with Crippen molar-refractivity contribution in [2.24, 2.45) is 7.05 Å². The van der Waals surface area contributed by atoms with Crippen molar-refractivity contribution in [1.82, 2.24) is 39.2 Å². The molecule has 7 heterocycles. The van der Waals surface area contributed by atoms with E-state index >= 15 is 0 Å². The van der Waals surface area contributed by atoms with Crippen LogP contribution in [0.15, 0.2) is 70.1 Å². The number of carbonyl (C=O) groups excluding carboxylic acids is 2. The smallest absolute Gasteiger partial charge is 0.329 e. The predicted molar refractivity (Wildman–Crippen MR) is 278 cm³/mol. The van der Waals surface area contributed by atoms with Gasteiger partial charge in [-0.1, -0.05) is 19.1 Å². The molecule has 0 aliphatic carbocycles. The van der Waals surface area contributed by atoms with Crippen LogP contribution < -0.4 is 36.6 Å². The van der Waals surface area contributed by atoms with E-state index in [0.717, 1.165) is 152 Å². The summed E-state index contributed by atoms with van der Waals surface area (Å²) in [6.07, 6.45) is 9.76. The summed E-state index contributed by atoms with van der Waals surface area (Å²) in [4.78, 5) is 72.2. The van der Waals surface area contributed by atoms with Gasteiger partial charge in [-0.3, -0.25) is 33.9 Å². The fourth-order valence-electron chi connectivity index (χ4n) is 11.2. The number of rotatable bonds is 13. The minimum atomic E-state index is -2.39. The third kappa shape index (κ3) is 9.36. The average Bonchev–Trinajstić information content (AvgIpc) is 3.91. The van der Waals surface area contributed by atoms with Crippen molar-refractivity contribution in [2.75, 3.05) is 80.8 Å². The first-order valence-electron chi connectivity index (χ1n) is 24.4. The third-order valence-corrected chi connectivity index (χ3v) is 18.9. The number of piperazine rings is 1. The third-order valence-electron chi connectivity index (χ3n) is 14.9. The first-order chi connectivity index (χ1) is 33.4. The topological polar surface area (TPSA) is 175 Å². The Kier molecular flexibility index (Phi) is 13.5. The van der Waals surface area contributed by atoms with E-state index in [1.807, 2.05) is 37.3 Å². The van der Waals surface area contributed by atoms with E-state index < -0.39 is 19.4 Å². The molecule has 4 N–H and O–H groups in total. The van der Waals surface area contributed by atoms with Crippen molar-refractivity contribution in [3.63, 3.8) is 0 Å². The molecule has 69 heavy (non-hydrogen) atoms. The lowest BCUT2D eigenvalue weighted by Gasteiger charge is -2.43. The van der Waals surface area contributed by atoms with Crippen LogP contribution in [0.2, 0.25) is 0 Å². The number of halogens is 1. The number of fused-ring (bicyclic) bond motifs is 2. The Labute approximate surface area is 411 Å². The molecule has 4 aliphatic heterocycles. The molecule has 4 saturated heterocycles. The number of para-hydroxylation sites is 1. The monoisotopic (exact) mass is 1020 g/mol. The highest BCUT2D eigenvalue weighted by Crippen LogP contribution is 2.61. The van der Waals surface area contributed by atoms with Crippen molar-refractivity contribution >= 4 is 91.3 Å². The average molecular weight is 1020 g/mol.